The Morgan fingerprint density at radius 3 is 2.55 bits per heavy atom. The minimum Gasteiger partial charge on any atom is -0.477 e. The maximum Gasteiger partial charge on any atom is 0.343 e. The van der Waals surface area contributed by atoms with Crippen molar-refractivity contribution in [3.8, 4) is 5.88 Å². The Kier molecular flexibility index (Phi) is 7.08. The fourth-order valence-electron chi connectivity index (χ4n) is 1.91. The second-order valence-corrected chi connectivity index (χ2v) is 4.47. The molecule has 0 radical (unpaired) electrons. The highest BCUT2D eigenvalue weighted by atomic mass is 16.5. The molecule has 0 amide bonds. The van der Waals surface area contributed by atoms with Gasteiger partial charge in [0.15, 0.2) is 5.78 Å². The van der Waals surface area contributed by atoms with Gasteiger partial charge in [0.05, 0.1) is 24.5 Å². The maximum atomic E-state index is 12.2. The molecule has 0 spiro atoms. The van der Waals surface area contributed by atoms with Crippen LogP contribution in [0.15, 0.2) is 23.9 Å². The average molecular weight is 306 g/mol. The second-order valence-electron chi connectivity index (χ2n) is 4.47. The molecule has 0 aliphatic rings. The first-order chi connectivity index (χ1) is 10.6. The van der Waals surface area contributed by atoms with E-state index in [-0.39, 0.29) is 36.0 Å². The molecule has 1 heterocycles. The number of rotatable bonds is 8. The lowest BCUT2D eigenvalue weighted by Gasteiger charge is -2.13. The van der Waals surface area contributed by atoms with Gasteiger partial charge in [0.1, 0.15) is 5.57 Å². The van der Waals surface area contributed by atoms with Crippen molar-refractivity contribution in [2.75, 3.05) is 13.2 Å². The molecule has 1 aromatic rings. The largest absolute Gasteiger partial charge is 0.477 e. The van der Waals surface area contributed by atoms with E-state index in [1.807, 2.05) is 13.8 Å². The van der Waals surface area contributed by atoms with Gasteiger partial charge in [-0.25, -0.2) is 9.78 Å². The van der Waals surface area contributed by atoms with Crippen LogP contribution in [0, 0.1) is 0 Å². The van der Waals surface area contributed by atoms with Crippen molar-refractivity contribution < 1.29 is 19.1 Å². The lowest BCUT2D eigenvalue weighted by atomic mass is 10.0. The Morgan fingerprint density at radius 1 is 1.23 bits per heavy atom. The first kappa shape index (κ1) is 17.7. The van der Waals surface area contributed by atoms with Gasteiger partial charge >= 0.3 is 5.97 Å². The summed E-state index contributed by atoms with van der Waals surface area (Å²) in [5.74, 6) is -0.775. The molecule has 6 nitrogen and oxygen atoms in total. The summed E-state index contributed by atoms with van der Waals surface area (Å²) in [6.45, 7) is 5.90. The lowest BCUT2D eigenvalue weighted by molar-refractivity contribution is -0.139. The molecule has 0 saturated heterocycles. The summed E-state index contributed by atoms with van der Waals surface area (Å²) in [7, 11) is 0. The number of hydrogen-bond acceptors (Lipinski definition) is 6. The number of esters is 1. The van der Waals surface area contributed by atoms with Crippen LogP contribution in [-0.4, -0.2) is 30.0 Å². The first-order valence-corrected chi connectivity index (χ1v) is 7.34. The minimum absolute atomic E-state index is 0.0356. The van der Waals surface area contributed by atoms with Crippen molar-refractivity contribution in [1.29, 1.82) is 0 Å². The molecule has 0 fully saturated rings. The summed E-state index contributed by atoms with van der Waals surface area (Å²) in [5, 5.41) is 0. The molecular formula is C16H22N2O4. The van der Waals surface area contributed by atoms with Crippen LogP contribution in [-0.2, 0) is 14.3 Å². The summed E-state index contributed by atoms with van der Waals surface area (Å²) in [6.07, 6.45) is 2.39. The number of ether oxygens (including phenoxy) is 2. The van der Waals surface area contributed by atoms with Gasteiger partial charge < -0.3 is 15.2 Å². The number of nitrogens with zero attached hydrogens (tertiary/aromatic N) is 1. The van der Waals surface area contributed by atoms with E-state index in [9.17, 15) is 9.59 Å². The van der Waals surface area contributed by atoms with Crippen molar-refractivity contribution in [3.63, 3.8) is 0 Å². The van der Waals surface area contributed by atoms with Gasteiger partial charge in [0, 0.05) is 12.6 Å². The van der Waals surface area contributed by atoms with Crippen LogP contribution < -0.4 is 10.5 Å². The van der Waals surface area contributed by atoms with E-state index in [1.165, 1.54) is 0 Å². The third-order valence-electron chi connectivity index (χ3n) is 2.85. The lowest BCUT2D eigenvalue weighted by Crippen LogP contribution is -2.21. The molecule has 0 saturated carbocycles. The Labute approximate surface area is 130 Å². The van der Waals surface area contributed by atoms with E-state index in [1.54, 1.807) is 25.3 Å². The quantitative estimate of drug-likeness (QED) is 0.342. The topological polar surface area (TPSA) is 91.5 Å². The molecule has 6 heteroatoms. The van der Waals surface area contributed by atoms with Gasteiger partial charge in [0.25, 0.3) is 0 Å². The van der Waals surface area contributed by atoms with Gasteiger partial charge in [-0.15, -0.1) is 0 Å². The Balaban J connectivity index is 3.38. The Bertz CT molecular complexity index is 547. The third-order valence-corrected chi connectivity index (χ3v) is 2.85. The predicted octanol–water partition coefficient (Wildman–Crippen LogP) is 2.08. The van der Waals surface area contributed by atoms with Crippen LogP contribution in [0.25, 0.3) is 5.70 Å². The van der Waals surface area contributed by atoms with E-state index in [2.05, 4.69) is 4.98 Å². The highest BCUT2D eigenvalue weighted by Crippen LogP contribution is 2.24. The van der Waals surface area contributed by atoms with Crippen LogP contribution in [0.2, 0.25) is 0 Å². The highest BCUT2D eigenvalue weighted by Gasteiger charge is 2.25. The van der Waals surface area contributed by atoms with E-state index in [0.29, 0.717) is 18.6 Å². The maximum absolute atomic E-state index is 12.2. The second kappa shape index (κ2) is 8.81. The van der Waals surface area contributed by atoms with Crippen molar-refractivity contribution in [1.82, 2.24) is 4.98 Å². The smallest absolute Gasteiger partial charge is 0.343 e. The van der Waals surface area contributed by atoms with Crippen LogP contribution in [0.1, 0.15) is 39.2 Å². The molecule has 0 bridgehead atoms. The number of aromatic nitrogens is 1. The molecule has 0 aliphatic carbocycles. The summed E-state index contributed by atoms with van der Waals surface area (Å²) in [5.41, 5.74) is 6.38. The molecule has 1 rings (SSSR count). The highest BCUT2D eigenvalue weighted by molar-refractivity contribution is 6.22. The standard InChI is InChI=1S/C16H22N2O4/c1-4-8-12(19)13(16(20)22-6-3)14(17)11-9-7-10-18-15(11)21-5-2/h7,9-10H,4-6,8,17H2,1-3H3. The summed E-state index contributed by atoms with van der Waals surface area (Å²) >= 11 is 0. The molecule has 120 valence electrons. The molecule has 0 unspecified atom stereocenters. The number of nitrogens with two attached hydrogens (primary N) is 1. The molecular weight excluding hydrogens is 284 g/mol. The normalized spacial score (nSPS) is 11.6. The monoisotopic (exact) mass is 306 g/mol. The molecule has 0 aliphatic heterocycles. The number of carbonyl (C=O) groups excluding carboxylic acids is 2. The Morgan fingerprint density at radius 2 is 1.95 bits per heavy atom. The minimum atomic E-state index is -0.718. The van der Waals surface area contributed by atoms with Gasteiger partial charge in [0.2, 0.25) is 5.88 Å². The van der Waals surface area contributed by atoms with Crippen LogP contribution in [0.3, 0.4) is 0 Å². The van der Waals surface area contributed by atoms with E-state index >= 15 is 0 Å². The number of ketones is 1. The summed E-state index contributed by atoms with van der Waals surface area (Å²) in [6, 6.07) is 3.32. The van der Waals surface area contributed by atoms with Crippen LogP contribution in [0.5, 0.6) is 5.88 Å². The van der Waals surface area contributed by atoms with E-state index < -0.39 is 5.97 Å². The van der Waals surface area contributed by atoms with Gasteiger partial charge in [-0.1, -0.05) is 6.92 Å². The van der Waals surface area contributed by atoms with Gasteiger partial charge in [-0.3, -0.25) is 4.79 Å². The summed E-state index contributed by atoms with van der Waals surface area (Å²) < 4.78 is 10.4. The fraction of sp³-hybridized carbons (Fsp3) is 0.438. The SMILES string of the molecule is CCCC(=O)C(C(=O)OCC)=C(N)c1cccnc1OCC. The third kappa shape index (κ3) is 4.31. The molecule has 2 N–H and O–H groups in total. The predicted molar refractivity (Wildman–Crippen MR) is 83.1 cm³/mol. The zero-order valence-corrected chi connectivity index (χ0v) is 13.2. The summed E-state index contributed by atoms with van der Waals surface area (Å²) in [4.78, 5) is 28.4. The zero-order chi connectivity index (χ0) is 16.5. The van der Waals surface area contributed by atoms with Crippen molar-refractivity contribution in [2.24, 2.45) is 5.73 Å². The molecule has 1 aromatic heterocycles. The number of hydrogen-bond donors (Lipinski definition) is 1. The fourth-order valence-corrected chi connectivity index (χ4v) is 1.91. The van der Waals surface area contributed by atoms with E-state index in [4.69, 9.17) is 15.2 Å². The first-order valence-electron chi connectivity index (χ1n) is 7.34. The van der Waals surface area contributed by atoms with Crippen LogP contribution >= 0.6 is 0 Å². The average Bonchev–Trinajstić information content (AvgIpc) is 2.49. The number of Topliss-reactive ketones (excluding diaryl/α,β-unsaturated/α-hetero) is 1. The number of pyridine rings is 1. The molecule has 22 heavy (non-hydrogen) atoms. The van der Waals surface area contributed by atoms with Crippen molar-refractivity contribution in [3.05, 3.63) is 29.5 Å². The molecule has 0 atom stereocenters. The van der Waals surface area contributed by atoms with Crippen molar-refractivity contribution >= 4 is 17.4 Å². The van der Waals surface area contributed by atoms with Gasteiger partial charge in [-0.2, -0.15) is 0 Å². The van der Waals surface area contributed by atoms with Gasteiger partial charge in [-0.05, 0) is 32.4 Å². The Hall–Kier alpha value is -2.37. The zero-order valence-electron chi connectivity index (χ0n) is 13.2. The van der Waals surface area contributed by atoms with E-state index in [0.717, 1.165) is 0 Å². The van der Waals surface area contributed by atoms with Crippen LogP contribution in [0.4, 0.5) is 0 Å². The number of carbonyl (C=O) groups is 2. The van der Waals surface area contributed by atoms with Crippen molar-refractivity contribution in [2.45, 2.75) is 33.6 Å². The molecule has 0 aromatic carbocycles.